The first kappa shape index (κ1) is 43.6. The largest absolute Gasteiger partial charge is 0.487 e. The van der Waals surface area contributed by atoms with Crippen LogP contribution in [-0.2, 0) is 35.6 Å². The lowest BCUT2D eigenvalue weighted by molar-refractivity contribution is -0.145. The van der Waals surface area contributed by atoms with Gasteiger partial charge in [-0.05, 0) is 90.9 Å². The fourth-order valence-corrected chi connectivity index (χ4v) is 9.42. The monoisotopic (exact) mass is 879 g/mol. The van der Waals surface area contributed by atoms with Gasteiger partial charge >= 0.3 is 5.97 Å². The Balaban J connectivity index is 0.000000813. The lowest BCUT2D eigenvalue weighted by atomic mass is 9.94. The molecule has 15 heteroatoms. The van der Waals surface area contributed by atoms with E-state index in [1.807, 2.05) is 25.1 Å². The summed E-state index contributed by atoms with van der Waals surface area (Å²) >= 11 is 8.73. The predicted molar refractivity (Wildman–Crippen MR) is 239 cm³/mol. The first-order chi connectivity index (χ1) is 30.2. The molecule has 6 aromatic rings. The Kier molecular flexibility index (Phi) is 14.3. The van der Waals surface area contributed by atoms with Gasteiger partial charge in [-0.15, -0.1) is 11.3 Å². The number of hydrogen-bond acceptors (Lipinski definition) is 12. The molecule has 4 aliphatic rings. The van der Waals surface area contributed by atoms with Crippen LogP contribution in [0.5, 0.6) is 11.6 Å². The summed E-state index contributed by atoms with van der Waals surface area (Å²) < 4.78 is 31.9. The molecule has 0 unspecified atom stereocenters. The van der Waals surface area contributed by atoms with Crippen molar-refractivity contribution in [3.8, 4) is 33.2 Å². The van der Waals surface area contributed by atoms with Gasteiger partial charge in [-0.25, -0.2) is 29.1 Å². The van der Waals surface area contributed by atoms with E-state index >= 15 is 0 Å². The number of benzene rings is 3. The minimum Gasteiger partial charge on any atom is -0.487 e. The molecule has 2 saturated heterocycles. The van der Waals surface area contributed by atoms with Crippen molar-refractivity contribution in [2.24, 2.45) is 0 Å². The Morgan fingerprint density at radius 1 is 0.919 bits per heavy atom. The van der Waals surface area contributed by atoms with Crippen molar-refractivity contribution in [2.45, 2.75) is 58.4 Å². The topological polar surface area (TPSA) is 126 Å². The molecule has 0 spiro atoms. The van der Waals surface area contributed by atoms with Crippen molar-refractivity contribution in [3.05, 3.63) is 118 Å². The molecule has 3 aromatic carbocycles. The fraction of sp³-hybridized carbons (Fsp3) is 0.383. The normalized spacial score (nSPS) is 17.6. The van der Waals surface area contributed by atoms with Gasteiger partial charge in [0.2, 0.25) is 12.0 Å². The van der Waals surface area contributed by atoms with Gasteiger partial charge in [0.05, 0.1) is 11.1 Å². The Morgan fingerprint density at radius 2 is 1.71 bits per heavy atom. The molecule has 324 valence electrons. The van der Waals surface area contributed by atoms with Crippen LogP contribution in [0.3, 0.4) is 0 Å². The van der Waals surface area contributed by atoms with Crippen LogP contribution >= 0.6 is 22.9 Å². The summed E-state index contributed by atoms with van der Waals surface area (Å²) in [5.74, 6) is -0.846. The van der Waals surface area contributed by atoms with Crippen LogP contribution in [0.15, 0.2) is 79.5 Å². The van der Waals surface area contributed by atoms with Gasteiger partial charge in [0.1, 0.15) is 35.7 Å². The number of likely N-dealkylation sites (N-methyl/N-ethyl adjacent to an activating group) is 1. The molecular weight excluding hydrogens is 829 g/mol. The number of carboxylic acids is 1. The van der Waals surface area contributed by atoms with Gasteiger partial charge < -0.3 is 24.2 Å². The van der Waals surface area contributed by atoms with E-state index in [1.165, 1.54) is 55.4 Å². The molecule has 62 heavy (non-hydrogen) atoms. The maximum atomic E-state index is 14.2. The minimum absolute atomic E-state index is 0.00201. The van der Waals surface area contributed by atoms with Crippen LogP contribution in [0.4, 0.5) is 4.39 Å². The molecule has 4 aliphatic heterocycles. The Labute approximate surface area is 370 Å². The molecule has 0 radical (unpaired) electrons. The van der Waals surface area contributed by atoms with E-state index < -0.39 is 12.1 Å². The SMILES string of the molecule is C1CCOCC1.Cc1c2ccc(c1Cl)CN(CCN1CCN(C)CC1)Cc1ccc(OCc3ccncn3)c(c1)C[C@H](C(=O)O)Oc1ncnc3sc(-c4ccc(F)cc4)c-2c13. The maximum Gasteiger partial charge on any atom is 0.345 e. The standard InChI is InChI=1S/C42H41ClFN7O4S.C5H10O/c1-26-33-9-6-29(38(26)43)22-51(18-17-50-15-13-49(2)14-16-50)21-27-3-10-34(54-23-32-11-12-45-24-46-32)30(19-27)20-35(42(52)53)55-40-37-36(33)39(56-41(37)48-25-47-40)28-4-7-31(44)8-5-28;1-2-4-6-5-3-1/h3-12,19,24-25,35H,13-18,20-23H2,1-2H3,(H,52,53);1-5H2/t35-;/m1./s1. The minimum atomic E-state index is -1.33. The lowest BCUT2D eigenvalue weighted by Gasteiger charge is -2.34. The van der Waals surface area contributed by atoms with Crippen molar-refractivity contribution in [3.63, 3.8) is 0 Å². The van der Waals surface area contributed by atoms with E-state index in [4.69, 9.17) is 25.8 Å². The first-order valence-corrected chi connectivity index (χ1v) is 22.3. The quantitative estimate of drug-likeness (QED) is 0.158. The van der Waals surface area contributed by atoms with E-state index in [1.54, 1.807) is 24.4 Å². The summed E-state index contributed by atoms with van der Waals surface area (Å²) in [4.78, 5) is 39.2. The third kappa shape index (κ3) is 10.6. The van der Waals surface area contributed by atoms with Crippen LogP contribution in [0, 0.1) is 12.7 Å². The highest BCUT2D eigenvalue weighted by Gasteiger charge is 2.29. The summed E-state index contributed by atoms with van der Waals surface area (Å²) in [5, 5.41) is 11.9. The Hall–Kier alpha value is -5.09. The highest BCUT2D eigenvalue weighted by molar-refractivity contribution is 7.22. The molecule has 10 rings (SSSR count). The molecule has 4 bridgehead atoms. The molecule has 0 amide bonds. The van der Waals surface area contributed by atoms with E-state index in [-0.39, 0.29) is 24.7 Å². The smallest absolute Gasteiger partial charge is 0.345 e. The molecule has 1 atom stereocenters. The van der Waals surface area contributed by atoms with Gasteiger partial charge in [-0.3, -0.25) is 9.80 Å². The number of fused-ring (bicyclic) bond motifs is 6. The van der Waals surface area contributed by atoms with Crippen molar-refractivity contribution in [2.75, 3.05) is 59.5 Å². The number of thiophene rings is 1. The van der Waals surface area contributed by atoms with E-state index in [9.17, 15) is 14.3 Å². The highest BCUT2D eigenvalue weighted by Crippen LogP contribution is 2.49. The summed E-state index contributed by atoms with van der Waals surface area (Å²) in [7, 11) is 2.16. The number of halogens is 2. The van der Waals surface area contributed by atoms with Crippen LogP contribution in [-0.4, -0.2) is 111 Å². The van der Waals surface area contributed by atoms with E-state index in [2.05, 4.69) is 53.8 Å². The molecule has 7 heterocycles. The van der Waals surface area contributed by atoms with Crippen LogP contribution in [0.2, 0.25) is 5.02 Å². The van der Waals surface area contributed by atoms with Gasteiger partial charge in [0.15, 0.2) is 0 Å². The zero-order chi connectivity index (χ0) is 43.0. The number of ether oxygens (including phenoxy) is 3. The predicted octanol–water partition coefficient (Wildman–Crippen LogP) is 8.32. The maximum absolute atomic E-state index is 14.2. The first-order valence-electron chi connectivity index (χ1n) is 21.1. The van der Waals surface area contributed by atoms with Gasteiger partial charge in [-0.1, -0.05) is 48.0 Å². The summed E-state index contributed by atoms with van der Waals surface area (Å²) in [5.41, 5.74) is 6.57. The lowest BCUT2D eigenvalue weighted by Crippen LogP contribution is -2.46. The molecule has 12 nitrogen and oxygen atoms in total. The second kappa shape index (κ2) is 20.4. The highest BCUT2D eigenvalue weighted by atomic mass is 35.5. The Bertz CT molecular complexity index is 2450. The van der Waals surface area contributed by atoms with Crippen molar-refractivity contribution >= 4 is 39.1 Å². The molecule has 3 aromatic heterocycles. The van der Waals surface area contributed by atoms with Crippen molar-refractivity contribution in [1.29, 1.82) is 0 Å². The summed E-state index contributed by atoms with van der Waals surface area (Å²) in [6.07, 6.45) is 7.09. The van der Waals surface area contributed by atoms with E-state index in [0.717, 1.165) is 90.7 Å². The van der Waals surface area contributed by atoms with Crippen molar-refractivity contribution < 1.29 is 28.5 Å². The molecule has 0 aliphatic carbocycles. The number of nitrogens with zero attached hydrogens (tertiary/aromatic N) is 7. The average molecular weight is 880 g/mol. The number of rotatable bonds is 8. The summed E-state index contributed by atoms with van der Waals surface area (Å²) in [6, 6.07) is 18.1. The second-order valence-corrected chi connectivity index (χ2v) is 17.4. The molecule has 2 fully saturated rings. The second-order valence-electron chi connectivity index (χ2n) is 16.0. The number of carbonyl (C=O) groups is 1. The van der Waals surface area contributed by atoms with E-state index in [0.29, 0.717) is 45.3 Å². The number of carboxylic acid groups (broad SMARTS) is 1. The zero-order valence-corrected chi connectivity index (χ0v) is 36.6. The fourth-order valence-electron chi connectivity index (χ4n) is 8.05. The average Bonchev–Trinajstić information content (AvgIpc) is 3.68. The van der Waals surface area contributed by atoms with Crippen LogP contribution in [0.1, 0.15) is 47.2 Å². The number of piperazine rings is 1. The van der Waals surface area contributed by atoms with Crippen molar-refractivity contribution in [1.82, 2.24) is 34.6 Å². The van der Waals surface area contributed by atoms with Crippen LogP contribution < -0.4 is 9.47 Å². The summed E-state index contributed by atoms with van der Waals surface area (Å²) in [6.45, 7) is 11.1. The Morgan fingerprint density at radius 3 is 2.42 bits per heavy atom. The number of aromatic nitrogens is 4. The molecule has 0 saturated carbocycles. The zero-order valence-electron chi connectivity index (χ0n) is 35.1. The van der Waals surface area contributed by atoms with Gasteiger partial charge in [-0.2, -0.15) is 0 Å². The van der Waals surface area contributed by atoms with Crippen LogP contribution in [0.25, 0.3) is 31.8 Å². The van der Waals surface area contributed by atoms with Gasteiger partial charge in [0, 0.05) is 93.7 Å². The molecule has 1 N–H and O–H groups in total. The number of aliphatic carboxylic acids is 1. The van der Waals surface area contributed by atoms with Gasteiger partial charge in [0.25, 0.3) is 0 Å². The molecular formula is C47H51ClFN7O5S. The third-order valence-electron chi connectivity index (χ3n) is 11.6. The third-order valence-corrected chi connectivity index (χ3v) is 13.3. The number of hydrogen-bond donors (Lipinski definition) is 1.